The lowest BCUT2D eigenvalue weighted by Crippen LogP contribution is -2.41. The minimum absolute atomic E-state index is 0.157. The number of thiophene rings is 1. The van der Waals surface area contributed by atoms with E-state index in [4.69, 9.17) is 27.7 Å². The fourth-order valence-corrected chi connectivity index (χ4v) is 5.14. The van der Waals surface area contributed by atoms with Crippen molar-refractivity contribution in [3.63, 3.8) is 0 Å². The molecule has 0 saturated carbocycles. The van der Waals surface area contributed by atoms with E-state index in [1.54, 1.807) is 6.92 Å². The Balaban J connectivity index is 1.46. The van der Waals surface area contributed by atoms with Gasteiger partial charge in [0.1, 0.15) is 6.61 Å². The summed E-state index contributed by atoms with van der Waals surface area (Å²) in [5.41, 5.74) is -1.07. The van der Waals surface area contributed by atoms with Crippen molar-refractivity contribution in [3.8, 4) is 11.5 Å². The predicted octanol–water partition coefficient (Wildman–Crippen LogP) is 3.37. The summed E-state index contributed by atoms with van der Waals surface area (Å²) < 4.78 is 60.5. The van der Waals surface area contributed by atoms with Crippen LogP contribution in [0.2, 0.25) is 0 Å². The first kappa shape index (κ1) is 26.8. The Morgan fingerprint density at radius 3 is 2.45 bits per heavy atom. The normalized spacial score (nSPS) is 23.0. The van der Waals surface area contributed by atoms with Crippen molar-refractivity contribution in [2.24, 2.45) is 5.41 Å². The molecule has 0 bridgehead atoms. The molecule has 8 nitrogen and oxygen atoms in total. The number of hydrogen-bond donors (Lipinski definition) is 0. The molecule has 1 fully saturated rings. The van der Waals surface area contributed by atoms with Gasteiger partial charge in [-0.15, -0.1) is 11.3 Å². The van der Waals surface area contributed by atoms with Gasteiger partial charge in [-0.1, -0.05) is 20.8 Å². The lowest BCUT2D eigenvalue weighted by Gasteiger charge is -2.32. The van der Waals surface area contributed by atoms with Crippen LogP contribution in [0, 0.1) is 5.41 Å². The Bertz CT molecular complexity index is 903. The van der Waals surface area contributed by atoms with Gasteiger partial charge in [-0.2, -0.15) is 8.42 Å². The molecule has 0 aliphatic carbocycles. The molecule has 2 aliphatic heterocycles. The zero-order valence-corrected chi connectivity index (χ0v) is 22.6. The molecule has 2 atom stereocenters. The minimum Gasteiger partial charge on any atom is -0.485 e. The van der Waals surface area contributed by atoms with Crippen molar-refractivity contribution in [2.45, 2.75) is 84.4 Å². The summed E-state index contributed by atoms with van der Waals surface area (Å²) in [6, 6.07) is 0. The van der Waals surface area contributed by atoms with E-state index in [1.807, 2.05) is 53.8 Å². The van der Waals surface area contributed by atoms with E-state index >= 15 is 0 Å². The van der Waals surface area contributed by atoms with Gasteiger partial charge in [0.05, 0.1) is 34.4 Å². The van der Waals surface area contributed by atoms with E-state index in [2.05, 4.69) is 0 Å². The summed E-state index contributed by atoms with van der Waals surface area (Å²) in [6.07, 6.45) is 0.0674. The largest absolute Gasteiger partial charge is 0.509 e. The van der Waals surface area contributed by atoms with Crippen LogP contribution >= 0.6 is 11.3 Å². The first-order valence-corrected chi connectivity index (χ1v) is 13.7. The molecule has 1 aromatic heterocycles. The lowest BCUT2D eigenvalue weighted by molar-refractivity contribution is 0.00578. The Kier molecular flexibility index (Phi) is 7.83. The van der Waals surface area contributed by atoms with Gasteiger partial charge < -0.3 is 23.5 Å². The van der Waals surface area contributed by atoms with Crippen molar-refractivity contribution in [2.75, 3.05) is 26.4 Å². The topological polar surface area (TPSA) is 89.5 Å². The fraction of sp³-hybridized carbons (Fsp3) is 0.818. The van der Waals surface area contributed by atoms with E-state index < -0.39 is 33.7 Å². The molecule has 1 aromatic rings. The molecule has 3 rings (SSSR count). The van der Waals surface area contributed by atoms with Crippen LogP contribution in [0.15, 0.2) is 5.38 Å². The average Bonchev–Trinajstić information content (AvgIpc) is 3.20. The first-order valence-electron chi connectivity index (χ1n) is 11.3. The van der Waals surface area contributed by atoms with E-state index in [0.717, 1.165) is 4.78 Å². The third-order valence-corrected chi connectivity index (χ3v) is 8.67. The first-order chi connectivity index (χ1) is 15.1. The van der Waals surface area contributed by atoms with E-state index in [1.165, 1.54) is 11.3 Å². The van der Waals surface area contributed by atoms with Gasteiger partial charge in [0.25, 0.3) is 10.1 Å². The second-order valence-electron chi connectivity index (χ2n) is 10.9. The van der Waals surface area contributed by atoms with Gasteiger partial charge in [-0.3, -0.25) is 4.18 Å². The Morgan fingerprint density at radius 1 is 1.21 bits per heavy atom. The van der Waals surface area contributed by atoms with Gasteiger partial charge >= 0.3 is 7.12 Å². The molecule has 0 amide bonds. The fourth-order valence-electron chi connectivity index (χ4n) is 3.14. The van der Waals surface area contributed by atoms with Gasteiger partial charge in [0.2, 0.25) is 0 Å². The highest BCUT2D eigenvalue weighted by Crippen LogP contribution is 2.41. The van der Waals surface area contributed by atoms with Crippen LogP contribution in [0.3, 0.4) is 0 Å². The summed E-state index contributed by atoms with van der Waals surface area (Å²) in [6.45, 7) is 16.6. The molecule has 33 heavy (non-hydrogen) atoms. The summed E-state index contributed by atoms with van der Waals surface area (Å²) in [4.78, 5) is 0. The van der Waals surface area contributed by atoms with Crippen molar-refractivity contribution >= 4 is 33.3 Å². The molecule has 2 aliphatic rings. The number of fused-ring (bicyclic) bond motifs is 1. The summed E-state index contributed by atoms with van der Waals surface area (Å²) in [7, 11) is -4.12. The van der Waals surface area contributed by atoms with Crippen molar-refractivity contribution < 1.29 is 36.1 Å². The second kappa shape index (κ2) is 9.66. The second-order valence-corrected chi connectivity index (χ2v) is 13.9. The quantitative estimate of drug-likeness (QED) is 0.287. The molecule has 0 spiro atoms. The van der Waals surface area contributed by atoms with Crippen LogP contribution in [0.1, 0.15) is 61.8 Å². The molecule has 188 valence electrons. The van der Waals surface area contributed by atoms with Crippen LogP contribution in [-0.2, 0) is 28.3 Å². The van der Waals surface area contributed by atoms with E-state index in [0.29, 0.717) is 31.1 Å². The summed E-state index contributed by atoms with van der Waals surface area (Å²) in [5.74, 6) is 1.31. The molecule has 0 N–H and O–H groups in total. The Hall–Kier alpha value is -0.845. The van der Waals surface area contributed by atoms with Crippen molar-refractivity contribution in [1.29, 1.82) is 0 Å². The highest BCUT2D eigenvalue weighted by molar-refractivity contribution is 7.87. The van der Waals surface area contributed by atoms with Crippen LogP contribution in [0.4, 0.5) is 0 Å². The van der Waals surface area contributed by atoms with E-state index in [9.17, 15) is 8.42 Å². The highest BCUT2D eigenvalue weighted by Gasteiger charge is 2.53. The number of hydrogen-bond acceptors (Lipinski definition) is 9. The van der Waals surface area contributed by atoms with Gasteiger partial charge in [-0.25, -0.2) is 0 Å². The summed E-state index contributed by atoms with van der Waals surface area (Å²) >= 11 is 1.49. The monoisotopic (exact) mass is 504 g/mol. The maximum absolute atomic E-state index is 12.3. The highest BCUT2D eigenvalue weighted by atomic mass is 32.2. The minimum atomic E-state index is -3.62. The zero-order valence-electron chi connectivity index (χ0n) is 20.9. The van der Waals surface area contributed by atoms with E-state index in [-0.39, 0.29) is 24.7 Å². The van der Waals surface area contributed by atoms with Gasteiger partial charge in [0.15, 0.2) is 17.6 Å². The average molecular weight is 504 g/mol. The molecule has 3 heterocycles. The molecule has 2 unspecified atom stereocenters. The number of ether oxygens (including phenoxy) is 3. The zero-order chi connectivity index (χ0) is 24.7. The molecule has 11 heteroatoms. The van der Waals surface area contributed by atoms with Crippen molar-refractivity contribution in [3.05, 3.63) is 5.38 Å². The molecule has 0 aromatic carbocycles. The standard InChI is InChI=1S/C22H37BO8S2/c1-15(33(24,25)28-14-20(2,3)4)9-10-26-11-16-12-27-18-17(29-16)13-32-19(18)23-30-21(5,6)22(7,8)31-23/h13,15-16H,9-12,14H2,1-8H3. The third-order valence-electron chi connectivity index (χ3n) is 6.04. The lowest BCUT2D eigenvalue weighted by atomic mass is 9.87. The smallest absolute Gasteiger partial charge is 0.485 e. The number of rotatable bonds is 9. The van der Waals surface area contributed by atoms with Crippen LogP contribution < -0.4 is 14.3 Å². The predicted molar refractivity (Wildman–Crippen MR) is 129 cm³/mol. The Morgan fingerprint density at radius 2 is 1.85 bits per heavy atom. The maximum atomic E-state index is 12.3. The van der Waals surface area contributed by atoms with Crippen LogP contribution in [0.5, 0.6) is 11.5 Å². The molecular weight excluding hydrogens is 467 g/mol. The van der Waals surface area contributed by atoms with Crippen LogP contribution in [-0.4, -0.2) is 64.5 Å². The third kappa shape index (κ3) is 6.43. The molecular formula is C22H37BO8S2. The Labute approximate surface area is 202 Å². The molecule has 1 saturated heterocycles. The van der Waals surface area contributed by atoms with Gasteiger partial charge in [-0.05, 0) is 46.5 Å². The van der Waals surface area contributed by atoms with Gasteiger partial charge in [0, 0.05) is 12.0 Å². The SMILES string of the molecule is CC(CCOCC1COc2c(csc2B2OC(C)(C)C(C)(C)O2)O1)S(=O)(=O)OCC(C)(C)C. The van der Waals surface area contributed by atoms with Crippen LogP contribution in [0.25, 0.3) is 0 Å². The maximum Gasteiger partial charge on any atom is 0.509 e. The summed E-state index contributed by atoms with van der Waals surface area (Å²) in [5, 5.41) is 1.25. The molecule has 0 radical (unpaired) electrons. The van der Waals surface area contributed by atoms with Crippen molar-refractivity contribution in [1.82, 2.24) is 0 Å².